The van der Waals surface area contributed by atoms with Gasteiger partial charge in [-0.15, -0.1) is 0 Å². The van der Waals surface area contributed by atoms with Crippen molar-refractivity contribution in [3.05, 3.63) is 53.5 Å². The van der Waals surface area contributed by atoms with Gasteiger partial charge in [0.2, 0.25) is 0 Å². The van der Waals surface area contributed by atoms with Gasteiger partial charge in [-0.2, -0.15) is 0 Å². The summed E-state index contributed by atoms with van der Waals surface area (Å²) in [4.78, 5) is 26.7. The number of hydrogen-bond acceptors (Lipinski definition) is 3. The number of amides is 1. The molecule has 0 unspecified atom stereocenters. The molecule has 4 heterocycles. The monoisotopic (exact) mass is 309 g/mol. The van der Waals surface area contributed by atoms with Crippen molar-refractivity contribution >= 4 is 11.6 Å². The molecule has 1 fully saturated rings. The first kappa shape index (κ1) is 14.0. The summed E-state index contributed by atoms with van der Waals surface area (Å²) in [6.45, 7) is 5.44. The molecule has 1 aliphatic rings. The SMILES string of the molecule is Cc1cnc([C@H]2CCN(C(=O)c3cn4c(C)cccc4n3)C2)[nH]1. The van der Waals surface area contributed by atoms with E-state index in [9.17, 15) is 4.79 Å². The standard InChI is InChI=1S/C17H19N5O/c1-11-8-18-16(19-11)13-6-7-21(9-13)17(23)14-10-22-12(2)4-3-5-15(22)20-14/h3-5,8,10,13H,6-7,9H2,1-2H3,(H,18,19)/t13-/m0/s1. The molecule has 1 aliphatic heterocycles. The number of aryl methyl sites for hydroxylation is 2. The smallest absolute Gasteiger partial charge is 0.274 e. The second kappa shape index (κ2) is 5.22. The minimum Gasteiger partial charge on any atom is -0.346 e. The average Bonchev–Trinajstić information content (AvgIpc) is 3.25. The Labute approximate surface area is 134 Å². The summed E-state index contributed by atoms with van der Waals surface area (Å²) in [5.41, 5.74) is 3.45. The number of pyridine rings is 1. The third kappa shape index (κ3) is 2.40. The summed E-state index contributed by atoms with van der Waals surface area (Å²) in [7, 11) is 0. The zero-order valence-electron chi connectivity index (χ0n) is 13.3. The molecule has 4 rings (SSSR count). The third-order valence-electron chi connectivity index (χ3n) is 4.50. The number of H-pyrrole nitrogens is 1. The van der Waals surface area contributed by atoms with Crippen molar-refractivity contribution in [1.82, 2.24) is 24.3 Å². The number of nitrogens with zero attached hydrogens (tertiary/aromatic N) is 4. The van der Waals surface area contributed by atoms with Gasteiger partial charge < -0.3 is 14.3 Å². The Morgan fingerprint density at radius 3 is 2.96 bits per heavy atom. The van der Waals surface area contributed by atoms with Gasteiger partial charge in [-0.05, 0) is 32.4 Å². The van der Waals surface area contributed by atoms with Crippen molar-refractivity contribution in [2.45, 2.75) is 26.2 Å². The Balaban J connectivity index is 1.56. The van der Waals surface area contributed by atoms with E-state index in [-0.39, 0.29) is 11.8 Å². The van der Waals surface area contributed by atoms with Crippen molar-refractivity contribution < 1.29 is 4.79 Å². The zero-order valence-corrected chi connectivity index (χ0v) is 13.3. The van der Waals surface area contributed by atoms with Crippen LogP contribution < -0.4 is 0 Å². The van der Waals surface area contributed by atoms with Crippen LogP contribution in [0.2, 0.25) is 0 Å². The Kier molecular flexibility index (Phi) is 3.18. The second-order valence-electron chi connectivity index (χ2n) is 6.21. The van der Waals surface area contributed by atoms with Gasteiger partial charge >= 0.3 is 0 Å². The molecule has 1 N–H and O–H groups in total. The van der Waals surface area contributed by atoms with Gasteiger partial charge in [0.05, 0.1) is 0 Å². The van der Waals surface area contributed by atoms with Crippen LogP contribution in [0.25, 0.3) is 5.65 Å². The van der Waals surface area contributed by atoms with Crippen molar-refractivity contribution in [3.8, 4) is 0 Å². The molecule has 0 bridgehead atoms. The van der Waals surface area contributed by atoms with E-state index in [0.29, 0.717) is 12.2 Å². The number of likely N-dealkylation sites (tertiary alicyclic amines) is 1. The van der Waals surface area contributed by atoms with Gasteiger partial charge in [0.15, 0.2) is 0 Å². The summed E-state index contributed by atoms with van der Waals surface area (Å²) in [6.07, 6.45) is 4.60. The minimum absolute atomic E-state index is 0.00104. The largest absolute Gasteiger partial charge is 0.346 e. The third-order valence-corrected chi connectivity index (χ3v) is 4.50. The van der Waals surface area contributed by atoms with Gasteiger partial charge in [-0.3, -0.25) is 4.79 Å². The number of hydrogen-bond donors (Lipinski definition) is 1. The Morgan fingerprint density at radius 2 is 2.22 bits per heavy atom. The number of rotatable bonds is 2. The predicted octanol–water partition coefficient (Wildman–Crippen LogP) is 2.30. The van der Waals surface area contributed by atoms with Crippen LogP contribution in [-0.2, 0) is 0 Å². The topological polar surface area (TPSA) is 66.3 Å². The first-order valence-corrected chi connectivity index (χ1v) is 7.87. The zero-order chi connectivity index (χ0) is 16.0. The van der Waals surface area contributed by atoms with Crippen molar-refractivity contribution in [1.29, 1.82) is 0 Å². The van der Waals surface area contributed by atoms with Crippen LogP contribution in [0, 0.1) is 13.8 Å². The number of aromatic nitrogens is 4. The molecular formula is C17H19N5O. The van der Waals surface area contributed by atoms with Crippen LogP contribution in [-0.4, -0.2) is 43.2 Å². The highest BCUT2D eigenvalue weighted by Crippen LogP contribution is 2.26. The van der Waals surface area contributed by atoms with Gasteiger partial charge in [0.1, 0.15) is 17.2 Å². The lowest BCUT2D eigenvalue weighted by molar-refractivity contribution is 0.0785. The first-order valence-electron chi connectivity index (χ1n) is 7.87. The maximum absolute atomic E-state index is 12.7. The molecule has 23 heavy (non-hydrogen) atoms. The number of aromatic amines is 1. The van der Waals surface area contributed by atoms with E-state index in [1.165, 1.54) is 0 Å². The summed E-state index contributed by atoms with van der Waals surface area (Å²) in [5, 5.41) is 0. The molecule has 0 aliphatic carbocycles. The van der Waals surface area contributed by atoms with Gasteiger partial charge in [-0.25, -0.2) is 9.97 Å². The molecule has 3 aromatic heterocycles. The Bertz CT molecular complexity index is 878. The van der Waals surface area contributed by atoms with E-state index < -0.39 is 0 Å². The molecular weight excluding hydrogens is 290 g/mol. The van der Waals surface area contributed by atoms with E-state index in [0.717, 1.165) is 35.8 Å². The van der Waals surface area contributed by atoms with Crippen LogP contribution in [0.5, 0.6) is 0 Å². The summed E-state index contributed by atoms with van der Waals surface area (Å²) in [6, 6.07) is 5.88. The first-order chi connectivity index (χ1) is 11.1. The van der Waals surface area contributed by atoms with E-state index >= 15 is 0 Å². The van der Waals surface area contributed by atoms with E-state index in [4.69, 9.17) is 0 Å². The number of nitrogens with one attached hydrogen (secondary N) is 1. The number of imidazole rings is 2. The lowest BCUT2D eigenvalue weighted by Gasteiger charge is -2.14. The highest BCUT2D eigenvalue weighted by atomic mass is 16.2. The normalized spacial score (nSPS) is 18.0. The fourth-order valence-corrected chi connectivity index (χ4v) is 3.22. The molecule has 3 aromatic rings. The maximum atomic E-state index is 12.7. The second-order valence-corrected chi connectivity index (χ2v) is 6.21. The quantitative estimate of drug-likeness (QED) is 0.790. The average molecular weight is 309 g/mol. The molecule has 0 spiro atoms. The van der Waals surface area contributed by atoms with Crippen LogP contribution in [0.15, 0.2) is 30.6 Å². The van der Waals surface area contributed by atoms with Crippen LogP contribution in [0.4, 0.5) is 0 Å². The summed E-state index contributed by atoms with van der Waals surface area (Å²) in [5.74, 6) is 1.26. The molecule has 118 valence electrons. The molecule has 6 heteroatoms. The molecule has 6 nitrogen and oxygen atoms in total. The van der Waals surface area contributed by atoms with Gasteiger partial charge in [0, 0.05) is 42.8 Å². The van der Waals surface area contributed by atoms with E-state index in [2.05, 4.69) is 15.0 Å². The van der Waals surface area contributed by atoms with Crippen molar-refractivity contribution in [2.75, 3.05) is 13.1 Å². The maximum Gasteiger partial charge on any atom is 0.274 e. The number of carbonyl (C=O) groups excluding carboxylic acids is 1. The van der Waals surface area contributed by atoms with Crippen LogP contribution >= 0.6 is 0 Å². The lowest BCUT2D eigenvalue weighted by Crippen LogP contribution is -2.28. The van der Waals surface area contributed by atoms with Crippen LogP contribution in [0.1, 0.15) is 40.0 Å². The molecule has 0 radical (unpaired) electrons. The van der Waals surface area contributed by atoms with Crippen LogP contribution in [0.3, 0.4) is 0 Å². The fourth-order valence-electron chi connectivity index (χ4n) is 3.22. The van der Waals surface area contributed by atoms with E-state index in [1.807, 2.05) is 53.7 Å². The molecule has 0 aromatic carbocycles. The fraction of sp³-hybridized carbons (Fsp3) is 0.353. The molecule has 1 saturated heterocycles. The van der Waals surface area contributed by atoms with Crippen molar-refractivity contribution in [3.63, 3.8) is 0 Å². The Hall–Kier alpha value is -2.63. The van der Waals surface area contributed by atoms with E-state index in [1.54, 1.807) is 0 Å². The molecule has 0 saturated carbocycles. The van der Waals surface area contributed by atoms with Gasteiger partial charge in [0.25, 0.3) is 5.91 Å². The number of carbonyl (C=O) groups is 1. The van der Waals surface area contributed by atoms with Gasteiger partial charge in [-0.1, -0.05) is 6.07 Å². The number of fused-ring (bicyclic) bond motifs is 1. The lowest BCUT2D eigenvalue weighted by atomic mass is 10.1. The highest BCUT2D eigenvalue weighted by Gasteiger charge is 2.30. The summed E-state index contributed by atoms with van der Waals surface area (Å²) < 4.78 is 1.96. The van der Waals surface area contributed by atoms with Crippen molar-refractivity contribution in [2.24, 2.45) is 0 Å². The Morgan fingerprint density at radius 1 is 1.35 bits per heavy atom. The molecule has 1 amide bonds. The minimum atomic E-state index is -0.00104. The molecule has 1 atom stereocenters. The predicted molar refractivity (Wildman–Crippen MR) is 86.5 cm³/mol. The summed E-state index contributed by atoms with van der Waals surface area (Å²) >= 11 is 0. The highest BCUT2D eigenvalue weighted by molar-refractivity contribution is 5.93.